The van der Waals surface area contributed by atoms with Crippen LogP contribution in [0.2, 0.25) is 0 Å². The van der Waals surface area contributed by atoms with Crippen molar-refractivity contribution in [2.75, 3.05) is 12.3 Å². The molecular formula is C23H27NO4S. The van der Waals surface area contributed by atoms with Gasteiger partial charge in [0.2, 0.25) is 5.91 Å². The predicted octanol–water partition coefficient (Wildman–Crippen LogP) is 4.39. The summed E-state index contributed by atoms with van der Waals surface area (Å²) >= 11 is 0. The van der Waals surface area contributed by atoms with Crippen molar-refractivity contribution in [2.45, 2.75) is 44.4 Å². The normalized spacial score (nSPS) is 11.9. The highest BCUT2D eigenvalue weighted by molar-refractivity contribution is 7.91. The van der Waals surface area contributed by atoms with Gasteiger partial charge in [-0.1, -0.05) is 32.0 Å². The van der Waals surface area contributed by atoms with E-state index >= 15 is 0 Å². The van der Waals surface area contributed by atoms with Crippen molar-refractivity contribution in [2.24, 2.45) is 0 Å². The number of hydrogen-bond donors (Lipinski definition) is 1. The average Bonchev–Trinajstić information content (AvgIpc) is 3.06. The number of benzene rings is 2. The number of sulfone groups is 1. The number of amides is 1. The van der Waals surface area contributed by atoms with Crippen LogP contribution in [0, 0.1) is 6.92 Å². The molecule has 3 aromatic rings. The van der Waals surface area contributed by atoms with Crippen LogP contribution in [0.25, 0.3) is 11.0 Å². The van der Waals surface area contributed by atoms with Gasteiger partial charge in [0.15, 0.2) is 9.84 Å². The smallest absolute Gasteiger partial charge is 0.224 e. The third kappa shape index (κ3) is 5.07. The van der Waals surface area contributed by atoms with E-state index in [0.717, 1.165) is 16.5 Å². The minimum atomic E-state index is -3.32. The second-order valence-electron chi connectivity index (χ2n) is 7.63. The van der Waals surface area contributed by atoms with E-state index in [1.54, 1.807) is 36.6 Å². The Morgan fingerprint density at radius 2 is 1.86 bits per heavy atom. The van der Waals surface area contributed by atoms with E-state index in [9.17, 15) is 13.2 Å². The highest BCUT2D eigenvalue weighted by Gasteiger charge is 2.15. The molecule has 1 aromatic heterocycles. The summed E-state index contributed by atoms with van der Waals surface area (Å²) in [5, 5.41) is 3.77. The topological polar surface area (TPSA) is 76.4 Å². The molecule has 0 aliphatic carbocycles. The molecule has 6 heteroatoms. The number of hydrogen-bond acceptors (Lipinski definition) is 4. The molecule has 0 spiro atoms. The molecule has 0 aliphatic rings. The molecule has 0 saturated carbocycles. The van der Waals surface area contributed by atoms with Crippen LogP contribution < -0.4 is 5.32 Å². The highest BCUT2D eigenvalue weighted by atomic mass is 32.2. The number of aryl methyl sites for hydroxylation is 1. The number of rotatable bonds is 8. The van der Waals surface area contributed by atoms with Gasteiger partial charge in [0.1, 0.15) is 5.58 Å². The van der Waals surface area contributed by atoms with Crippen molar-refractivity contribution in [3.05, 3.63) is 65.4 Å². The summed E-state index contributed by atoms with van der Waals surface area (Å²) in [6, 6.07) is 12.5. The quantitative estimate of drug-likeness (QED) is 0.556. The SMILES string of the molecule is Cc1cc2occ(CC(=O)NCCCS(=O)(=O)c3ccccc3)c2cc1C(C)C. The molecule has 0 bridgehead atoms. The summed E-state index contributed by atoms with van der Waals surface area (Å²) in [6.45, 7) is 6.67. The highest BCUT2D eigenvalue weighted by Crippen LogP contribution is 2.29. The molecular weight excluding hydrogens is 386 g/mol. The fraction of sp³-hybridized carbons (Fsp3) is 0.348. The van der Waals surface area contributed by atoms with Gasteiger partial charge in [0, 0.05) is 17.5 Å². The molecule has 0 saturated heterocycles. The van der Waals surface area contributed by atoms with E-state index in [0.29, 0.717) is 23.8 Å². The van der Waals surface area contributed by atoms with E-state index in [-0.39, 0.29) is 18.1 Å². The molecule has 0 unspecified atom stereocenters. The lowest BCUT2D eigenvalue weighted by Gasteiger charge is -2.10. The van der Waals surface area contributed by atoms with Gasteiger partial charge >= 0.3 is 0 Å². The number of carbonyl (C=O) groups excluding carboxylic acids is 1. The number of nitrogens with one attached hydrogen (secondary N) is 1. The molecule has 2 aromatic carbocycles. The minimum Gasteiger partial charge on any atom is -0.464 e. The summed E-state index contributed by atoms with van der Waals surface area (Å²) in [5.41, 5.74) is 4.05. The zero-order valence-corrected chi connectivity index (χ0v) is 17.9. The van der Waals surface area contributed by atoms with Crippen LogP contribution in [0.5, 0.6) is 0 Å². The van der Waals surface area contributed by atoms with Gasteiger partial charge in [0.25, 0.3) is 0 Å². The standard InChI is InChI=1S/C23H27NO4S/c1-16(2)20-14-21-18(15-28-22(21)12-17(20)3)13-23(25)24-10-7-11-29(26,27)19-8-5-4-6-9-19/h4-6,8-9,12,14-16H,7,10-11,13H2,1-3H3,(H,24,25). The largest absolute Gasteiger partial charge is 0.464 e. The molecule has 154 valence electrons. The fourth-order valence-corrected chi connectivity index (χ4v) is 4.81. The molecule has 1 amide bonds. The van der Waals surface area contributed by atoms with Crippen molar-refractivity contribution >= 4 is 26.7 Å². The Bertz CT molecular complexity index is 1100. The van der Waals surface area contributed by atoms with Crippen LogP contribution in [-0.2, 0) is 21.1 Å². The Hall–Kier alpha value is -2.60. The first-order valence-electron chi connectivity index (χ1n) is 9.83. The first kappa shape index (κ1) is 21.1. The molecule has 5 nitrogen and oxygen atoms in total. The second kappa shape index (κ2) is 8.82. The van der Waals surface area contributed by atoms with Gasteiger partial charge in [-0.25, -0.2) is 8.42 Å². The van der Waals surface area contributed by atoms with Crippen LogP contribution in [0.1, 0.15) is 42.9 Å². The Morgan fingerprint density at radius 1 is 1.14 bits per heavy atom. The van der Waals surface area contributed by atoms with Crippen molar-refractivity contribution in [1.29, 1.82) is 0 Å². The first-order chi connectivity index (χ1) is 13.8. The van der Waals surface area contributed by atoms with Crippen LogP contribution in [0.3, 0.4) is 0 Å². The zero-order valence-electron chi connectivity index (χ0n) is 17.1. The third-order valence-corrected chi connectivity index (χ3v) is 6.85. The van der Waals surface area contributed by atoms with E-state index < -0.39 is 9.84 Å². The Labute approximate surface area is 172 Å². The van der Waals surface area contributed by atoms with E-state index in [1.165, 1.54) is 11.1 Å². The Morgan fingerprint density at radius 3 is 2.55 bits per heavy atom. The summed E-state index contributed by atoms with van der Waals surface area (Å²) in [5.74, 6) is 0.252. The summed E-state index contributed by atoms with van der Waals surface area (Å²) in [6.07, 6.45) is 2.21. The van der Waals surface area contributed by atoms with Gasteiger partial charge in [0.05, 0.1) is 23.3 Å². The van der Waals surface area contributed by atoms with Gasteiger partial charge in [-0.05, 0) is 54.7 Å². The number of fused-ring (bicyclic) bond motifs is 1. The molecule has 1 N–H and O–H groups in total. The average molecular weight is 414 g/mol. The molecule has 1 heterocycles. The maximum atomic E-state index is 12.3. The molecule has 29 heavy (non-hydrogen) atoms. The summed E-state index contributed by atoms with van der Waals surface area (Å²) in [4.78, 5) is 12.6. The first-order valence-corrected chi connectivity index (χ1v) is 11.5. The van der Waals surface area contributed by atoms with Crippen LogP contribution in [0.15, 0.2) is 58.0 Å². The molecule has 0 atom stereocenters. The molecule has 3 rings (SSSR count). The van der Waals surface area contributed by atoms with Gasteiger partial charge in [-0.15, -0.1) is 0 Å². The van der Waals surface area contributed by atoms with E-state index in [4.69, 9.17) is 4.42 Å². The lowest BCUT2D eigenvalue weighted by atomic mass is 9.95. The number of furan rings is 1. The van der Waals surface area contributed by atoms with E-state index in [2.05, 4.69) is 32.2 Å². The second-order valence-corrected chi connectivity index (χ2v) is 9.74. The van der Waals surface area contributed by atoms with Crippen LogP contribution in [0.4, 0.5) is 0 Å². The van der Waals surface area contributed by atoms with Crippen LogP contribution in [-0.4, -0.2) is 26.6 Å². The van der Waals surface area contributed by atoms with Crippen molar-refractivity contribution < 1.29 is 17.6 Å². The van der Waals surface area contributed by atoms with Crippen molar-refractivity contribution in [1.82, 2.24) is 5.32 Å². The Balaban J connectivity index is 1.57. The monoisotopic (exact) mass is 413 g/mol. The lowest BCUT2D eigenvalue weighted by Crippen LogP contribution is -2.27. The van der Waals surface area contributed by atoms with Gasteiger partial charge in [-0.2, -0.15) is 0 Å². The Kier molecular flexibility index (Phi) is 6.42. The zero-order chi connectivity index (χ0) is 21.0. The maximum absolute atomic E-state index is 12.3. The van der Waals surface area contributed by atoms with Crippen LogP contribution >= 0.6 is 0 Å². The maximum Gasteiger partial charge on any atom is 0.224 e. The summed E-state index contributed by atoms with van der Waals surface area (Å²) < 4.78 is 30.2. The molecule has 0 radical (unpaired) electrons. The van der Waals surface area contributed by atoms with Gasteiger partial charge in [-0.3, -0.25) is 4.79 Å². The predicted molar refractivity (Wildman–Crippen MR) is 115 cm³/mol. The lowest BCUT2D eigenvalue weighted by molar-refractivity contribution is -0.120. The minimum absolute atomic E-state index is 0.00294. The van der Waals surface area contributed by atoms with E-state index in [1.807, 2.05) is 6.07 Å². The third-order valence-electron chi connectivity index (χ3n) is 5.03. The van der Waals surface area contributed by atoms with Crippen molar-refractivity contribution in [3.8, 4) is 0 Å². The summed E-state index contributed by atoms with van der Waals surface area (Å²) in [7, 11) is -3.32. The van der Waals surface area contributed by atoms with Crippen molar-refractivity contribution in [3.63, 3.8) is 0 Å². The fourth-order valence-electron chi connectivity index (χ4n) is 3.47. The van der Waals surface area contributed by atoms with Gasteiger partial charge < -0.3 is 9.73 Å². The molecule has 0 aliphatic heterocycles. The number of carbonyl (C=O) groups is 1. The molecule has 0 fully saturated rings.